The van der Waals surface area contributed by atoms with Crippen molar-refractivity contribution in [2.24, 2.45) is 0 Å². The average molecular weight is 304 g/mol. The second-order valence-corrected chi connectivity index (χ2v) is 5.44. The van der Waals surface area contributed by atoms with Crippen LogP contribution in [0.5, 0.6) is 0 Å². The van der Waals surface area contributed by atoms with Crippen molar-refractivity contribution in [3.05, 3.63) is 83.5 Å². The largest absolute Gasteiger partial charge is 0.397 e. The molecule has 1 aliphatic rings. The van der Waals surface area contributed by atoms with Crippen molar-refractivity contribution in [3.8, 4) is 0 Å². The van der Waals surface area contributed by atoms with Crippen molar-refractivity contribution < 1.29 is 1.43 Å². The molecular formula is C19H20N4. The molecule has 3 rings (SSSR count). The summed E-state index contributed by atoms with van der Waals surface area (Å²) in [6.45, 7) is 1.97. The fraction of sp³-hybridized carbons (Fsp3) is 0.105. The molecule has 0 fully saturated rings. The van der Waals surface area contributed by atoms with Gasteiger partial charge < -0.3 is 5.73 Å². The molecule has 0 unspecified atom stereocenters. The van der Waals surface area contributed by atoms with E-state index in [4.69, 9.17) is 11.1 Å². The first-order chi connectivity index (χ1) is 11.1. The minimum absolute atomic E-state index is 0. The van der Waals surface area contributed by atoms with Crippen LogP contribution in [-0.2, 0) is 0 Å². The van der Waals surface area contributed by atoms with E-state index in [1.807, 2.05) is 43.4 Å². The fourth-order valence-electron chi connectivity index (χ4n) is 2.34. The summed E-state index contributed by atoms with van der Waals surface area (Å²) in [6.07, 6.45) is 14.5. The SMILES string of the molecule is Cc1ccc(C(=N)c2cc(C3=CC=CCC=C3)ncc2N)nc1.[HH]. The summed E-state index contributed by atoms with van der Waals surface area (Å²) < 4.78 is 0. The molecular weight excluding hydrogens is 284 g/mol. The number of aromatic nitrogens is 2. The van der Waals surface area contributed by atoms with E-state index in [1.165, 1.54) is 0 Å². The van der Waals surface area contributed by atoms with E-state index in [9.17, 15) is 0 Å². The van der Waals surface area contributed by atoms with Crippen molar-refractivity contribution in [2.45, 2.75) is 13.3 Å². The molecule has 0 amide bonds. The van der Waals surface area contributed by atoms with Gasteiger partial charge in [0, 0.05) is 13.2 Å². The monoisotopic (exact) mass is 304 g/mol. The van der Waals surface area contributed by atoms with Gasteiger partial charge in [-0.05, 0) is 36.6 Å². The molecule has 3 N–H and O–H groups in total. The highest BCUT2D eigenvalue weighted by Gasteiger charge is 2.12. The Labute approximate surface area is 137 Å². The molecule has 2 aromatic rings. The van der Waals surface area contributed by atoms with E-state index in [-0.39, 0.29) is 1.43 Å². The second-order valence-electron chi connectivity index (χ2n) is 5.44. The zero-order chi connectivity index (χ0) is 16.2. The lowest BCUT2D eigenvalue weighted by Gasteiger charge is -2.10. The van der Waals surface area contributed by atoms with Crippen LogP contribution in [0.15, 0.2) is 61.0 Å². The van der Waals surface area contributed by atoms with Gasteiger partial charge in [0.2, 0.25) is 0 Å². The number of nitrogens with zero attached hydrogens (tertiary/aromatic N) is 2. The van der Waals surface area contributed by atoms with Gasteiger partial charge in [-0.15, -0.1) is 0 Å². The Balaban J connectivity index is 0.00000208. The maximum absolute atomic E-state index is 8.41. The van der Waals surface area contributed by atoms with Gasteiger partial charge in [-0.2, -0.15) is 0 Å². The molecule has 0 saturated carbocycles. The number of nitrogens with one attached hydrogen (secondary N) is 1. The highest BCUT2D eigenvalue weighted by molar-refractivity contribution is 6.12. The number of nitrogens with two attached hydrogens (primary N) is 1. The van der Waals surface area contributed by atoms with Gasteiger partial charge in [-0.25, -0.2) is 0 Å². The molecule has 2 aromatic heterocycles. The smallest absolute Gasteiger partial charge is 0.0890 e. The van der Waals surface area contributed by atoms with Gasteiger partial charge in [-0.1, -0.05) is 36.4 Å². The maximum Gasteiger partial charge on any atom is 0.0890 e. The first kappa shape index (κ1) is 14.9. The molecule has 2 heterocycles. The van der Waals surface area contributed by atoms with Gasteiger partial charge in [0.25, 0.3) is 0 Å². The van der Waals surface area contributed by atoms with Crippen LogP contribution in [0.2, 0.25) is 0 Å². The Bertz CT molecular complexity index is 833. The summed E-state index contributed by atoms with van der Waals surface area (Å²) in [5.41, 5.74) is 10.9. The molecule has 4 heteroatoms. The predicted octanol–water partition coefficient (Wildman–Crippen LogP) is 3.93. The van der Waals surface area contributed by atoms with Crippen molar-refractivity contribution in [1.29, 1.82) is 5.41 Å². The second kappa shape index (κ2) is 6.40. The average Bonchev–Trinajstić information content (AvgIpc) is 2.85. The summed E-state index contributed by atoms with van der Waals surface area (Å²) in [5.74, 6) is 0. The third kappa shape index (κ3) is 3.26. The highest BCUT2D eigenvalue weighted by Crippen LogP contribution is 2.22. The van der Waals surface area contributed by atoms with E-state index in [0.29, 0.717) is 22.7 Å². The molecule has 116 valence electrons. The number of anilines is 1. The third-order valence-corrected chi connectivity index (χ3v) is 3.65. The Kier molecular flexibility index (Phi) is 4.15. The molecule has 0 aliphatic heterocycles. The molecule has 23 heavy (non-hydrogen) atoms. The number of pyridine rings is 2. The van der Waals surface area contributed by atoms with E-state index in [0.717, 1.165) is 23.3 Å². The highest BCUT2D eigenvalue weighted by atomic mass is 14.7. The minimum atomic E-state index is 0. The van der Waals surface area contributed by atoms with Gasteiger partial charge in [0.05, 0.1) is 29.0 Å². The minimum Gasteiger partial charge on any atom is -0.397 e. The Morgan fingerprint density at radius 2 is 2.09 bits per heavy atom. The van der Waals surface area contributed by atoms with Crippen LogP contribution in [-0.4, -0.2) is 15.7 Å². The zero-order valence-corrected chi connectivity index (χ0v) is 13.0. The first-order valence-electron chi connectivity index (χ1n) is 7.46. The van der Waals surface area contributed by atoms with Crippen LogP contribution < -0.4 is 5.73 Å². The number of hydrogen-bond acceptors (Lipinski definition) is 4. The standard InChI is InChI=1S/C19H18N4.H2/c1-13-8-9-17(22-11-13)19(21)15-10-18(23-12-16(15)20)14-6-4-2-3-5-7-14;/h2,4-12,21H,3,20H2,1H3;1H. The first-order valence-corrected chi connectivity index (χ1v) is 7.46. The lowest BCUT2D eigenvalue weighted by Crippen LogP contribution is -2.09. The van der Waals surface area contributed by atoms with Crippen LogP contribution in [0, 0.1) is 12.3 Å². The summed E-state index contributed by atoms with van der Waals surface area (Å²) in [6, 6.07) is 5.63. The Hall–Kier alpha value is -3.01. The molecule has 0 spiro atoms. The Morgan fingerprint density at radius 3 is 2.87 bits per heavy atom. The lowest BCUT2D eigenvalue weighted by atomic mass is 10.0. The quantitative estimate of drug-likeness (QED) is 0.844. The van der Waals surface area contributed by atoms with Crippen LogP contribution >= 0.6 is 0 Å². The number of aryl methyl sites for hydroxylation is 1. The molecule has 0 radical (unpaired) electrons. The van der Waals surface area contributed by atoms with Crippen molar-refractivity contribution in [1.82, 2.24) is 9.97 Å². The molecule has 4 nitrogen and oxygen atoms in total. The molecule has 1 aliphatic carbocycles. The zero-order valence-electron chi connectivity index (χ0n) is 13.0. The van der Waals surface area contributed by atoms with E-state index in [1.54, 1.807) is 12.4 Å². The number of hydrogen-bond donors (Lipinski definition) is 2. The topological polar surface area (TPSA) is 75.7 Å². The maximum atomic E-state index is 8.41. The van der Waals surface area contributed by atoms with Crippen LogP contribution in [0.4, 0.5) is 5.69 Å². The lowest BCUT2D eigenvalue weighted by molar-refractivity contribution is 1.22. The van der Waals surface area contributed by atoms with Crippen molar-refractivity contribution >= 4 is 17.0 Å². The van der Waals surface area contributed by atoms with Crippen LogP contribution in [0.3, 0.4) is 0 Å². The van der Waals surface area contributed by atoms with Gasteiger partial charge in [0.1, 0.15) is 0 Å². The molecule has 0 aromatic carbocycles. The van der Waals surface area contributed by atoms with Gasteiger partial charge in [-0.3, -0.25) is 15.4 Å². The molecule has 0 atom stereocenters. The summed E-state index contributed by atoms with van der Waals surface area (Å²) >= 11 is 0. The number of allylic oxidation sites excluding steroid dienone is 6. The van der Waals surface area contributed by atoms with Crippen molar-refractivity contribution in [2.75, 3.05) is 5.73 Å². The van der Waals surface area contributed by atoms with E-state index >= 15 is 0 Å². The van der Waals surface area contributed by atoms with Crippen LogP contribution in [0.25, 0.3) is 5.57 Å². The van der Waals surface area contributed by atoms with E-state index < -0.39 is 0 Å². The summed E-state index contributed by atoms with van der Waals surface area (Å²) in [5, 5.41) is 8.41. The third-order valence-electron chi connectivity index (χ3n) is 3.65. The molecule has 0 saturated heterocycles. The Morgan fingerprint density at radius 1 is 1.22 bits per heavy atom. The van der Waals surface area contributed by atoms with Gasteiger partial charge >= 0.3 is 0 Å². The summed E-state index contributed by atoms with van der Waals surface area (Å²) in [4.78, 5) is 8.71. The van der Waals surface area contributed by atoms with Gasteiger partial charge in [0.15, 0.2) is 0 Å². The van der Waals surface area contributed by atoms with Crippen LogP contribution in [0.1, 0.15) is 30.4 Å². The fourth-order valence-corrected chi connectivity index (χ4v) is 2.34. The van der Waals surface area contributed by atoms with E-state index in [2.05, 4.69) is 22.1 Å². The number of rotatable bonds is 3. The summed E-state index contributed by atoms with van der Waals surface area (Å²) in [7, 11) is 0. The van der Waals surface area contributed by atoms with Crippen molar-refractivity contribution in [3.63, 3.8) is 0 Å². The predicted molar refractivity (Wildman–Crippen MR) is 96.5 cm³/mol. The normalized spacial score (nSPS) is 13.5. The molecule has 0 bridgehead atoms. The number of nitrogen functional groups attached to an aromatic ring is 1.